The topological polar surface area (TPSA) is 60.7 Å². The molecular weight excluding hydrogens is 348 g/mol. The van der Waals surface area contributed by atoms with Crippen LogP contribution in [0.1, 0.15) is 48.6 Å². The zero-order valence-corrected chi connectivity index (χ0v) is 16.2. The molecule has 1 aromatic carbocycles. The Hall–Kier alpha value is -2.47. The zero-order chi connectivity index (χ0) is 18.9. The highest BCUT2D eigenvalue weighted by Gasteiger charge is 2.19. The molecule has 136 valence electrons. The van der Waals surface area contributed by atoms with E-state index in [0.29, 0.717) is 23.0 Å². The highest BCUT2D eigenvalue weighted by molar-refractivity contribution is 7.17. The normalized spacial score (nSPS) is 11.7. The summed E-state index contributed by atoms with van der Waals surface area (Å²) in [6.07, 6.45) is 2.80. The molecule has 0 saturated carbocycles. The third-order valence-corrected chi connectivity index (χ3v) is 5.15. The summed E-state index contributed by atoms with van der Waals surface area (Å²) in [6, 6.07) is 8.15. The van der Waals surface area contributed by atoms with Gasteiger partial charge < -0.3 is 4.74 Å². The van der Waals surface area contributed by atoms with Crippen LogP contribution in [-0.2, 0) is 21.4 Å². The molecule has 0 atom stereocenters. The Bertz CT molecular complexity index is 946. The number of thiazole rings is 1. The van der Waals surface area contributed by atoms with Crippen molar-refractivity contribution in [1.29, 1.82) is 0 Å². The van der Waals surface area contributed by atoms with Crippen LogP contribution in [0.3, 0.4) is 0 Å². The third-order valence-electron chi connectivity index (χ3n) is 4.17. The van der Waals surface area contributed by atoms with Gasteiger partial charge in [0.1, 0.15) is 11.4 Å². The van der Waals surface area contributed by atoms with Crippen LogP contribution in [0.15, 0.2) is 30.5 Å². The lowest BCUT2D eigenvalue weighted by molar-refractivity contribution is -0.142. The van der Waals surface area contributed by atoms with E-state index in [1.807, 2.05) is 12.1 Å². The SMILES string of the molecule is CCOC(=O)Cc1cn2c(C=O)c(-c3ccc(C(C)(C)C)cc3)nc2s1. The minimum atomic E-state index is -0.275. The Morgan fingerprint density at radius 2 is 1.96 bits per heavy atom. The van der Waals surface area contributed by atoms with E-state index in [2.05, 4.69) is 37.9 Å². The first-order chi connectivity index (χ1) is 12.3. The van der Waals surface area contributed by atoms with Crippen molar-refractivity contribution in [2.45, 2.75) is 39.5 Å². The van der Waals surface area contributed by atoms with Crippen LogP contribution in [0.5, 0.6) is 0 Å². The van der Waals surface area contributed by atoms with Crippen LogP contribution < -0.4 is 0 Å². The maximum absolute atomic E-state index is 11.7. The molecule has 3 aromatic rings. The van der Waals surface area contributed by atoms with E-state index in [4.69, 9.17) is 4.74 Å². The summed E-state index contributed by atoms with van der Waals surface area (Å²) in [5, 5.41) is 0. The van der Waals surface area contributed by atoms with Crippen LogP contribution in [0.4, 0.5) is 0 Å². The number of imidazole rings is 1. The minimum Gasteiger partial charge on any atom is -0.466 e. The Labute approximate surface area is 156 Å². The molecule has 0 aliphatic carbocycles. The Morgan fingerprint density at radius 1 is 1.27 bits per heavy atom. The number of aldehydes is 1. The molecule has 3 rings (SSSR count). The van der Waals surface area contributed by atoms with Crippen molar-refractivity contribution in [3.8, 4) is 11.3 Å². The van der Waals surface area contributed by atoms with Gasteiger partial charge in [-0.05, 0) is 17.9 Å². The number of fused-ring (bicyclic) bond motifs is 1. The summed E-state index contributed by atoms with van der Waals surface area (Å²) in [5.41, 5.74) is 3.36. The van der Waals surface area contributed by atoms with Gasteiger partial charge in [-0.15, -0.1) is 11.3 Å². The molecule has 6 heteroatoms. The van der Waals surface area contributed by atoms with Gasteiger partial charge in [0.2, 0.25) is 0 Å². The number of rotatable bonds is 5. The molecule has 0 amide bonds. The maximum atomic E-state index is 11.7. The van der Waals surface area contributed by atoms with Crippen molar-refractivity contribution < 1.29 is 14.3 Å². The third kappa shape index (κ3) is 3.55. The molecule has 2 heterocycles. The summed E-state index contributed by atoms with van der Waals surface area (Å²) in [7, 11) is 0. The average molecular weight is 370 g/mol. The van der Waals surface area contributed by atoms with Crippen LogP contribution in [-0.4, -0.2) is 28.2 Å². The largest absolute Gasteiger partial charge is 0.466 e. The fourth-order valence-electron chi connectivity index (χ4n) is 2.80. The second kappa shape index (κ2) is 7.03. The number of nitrogens with zero attached hydrogens (tertiary/aromatic N) is 2. The van der Waals surface area contributed by atoms with E-state index in [1.165, 1.54) is 16.9 Å². The summed E-state index contributed by atoms with van der Waals surface area (Å²) in [4.78, 5) is 29.5. The van der Waals surface area contributed by atoms with Crippen LogP contribution in [0.25, 0.3) is 16.2 Å². The lowest BCUT2D eigenvalue weighted by Gasteiger charge is -2.18. The first-order valence-corrected chi connectivity index (χ1v) is 9.37. The standard InChI is InChI=1S/C20H22N2O3S/c1-5-25-17(24)10-15-11-22-16(12-23)18(21-19(22)26-15)13-6-8-14(9-7-13)20(2,3)4/h6-9,11-12H,5,10H2,1-4H3. The molecule has 2 aromatic heterocycles. The van der Waals surface area contributed by atoms with Gasteiger partial charge in [-0.2, -0.15) is 0 Å². The molecule has 0 fully saturated rings. The molecule has 0 N–H and O–H groups in total. The monoisotopic (exact) mass is 370 g/mol. The van der Waals surface area contributed by atoms with Crippen LogP contribution >= 0.6 is 11.3 Å². The van der Waals surface area contributed by atoms with E-state index in [0.717, 1.165) is 16.7 Å². The van der Waals surface area contributed by atoms with Crippen molar-refractivity contribution in [1.82, 2.24) is 9.38 Å². The van der Waals surface area contributed by atoms with Crippen molar-refractivity contribution >= 4 is 28.6 Å². The molecule has 0 radical (unpaired) electrons. The number of carbonyl (C=O) groups excluding carboxylic acids is 2. The second-order valence-corrected chi connectivity index (χ2v) is 8.22. The maximum Gasteiger partial charge on any atom is 0.311 e. The van der Waals surface area contributed by atoms with Gasteiger partial charge in [0.15, 0.2) is 11.2 Å². The molecule has 0 aliphatic rings. The highest BCUT2D eigenvalue weighted by atomic mass is 32.1. The van der Waals surface area contributed by atoms with Crippen LogP contribution in [0, 0.1) is 0 Å². The average Bonchev–Trinajstić information content (AvgIpc) is 3.11. The molecule has 0 spiro atoms. The fourth-order valence-corrected chi connectivity index (χ4v) is 3.77. The van der Waals surface area contributed by atoms with E-state index in [1.54, 1.807) is 17.5 Å². The van der Waals surface area contributed by atoms with Gasteiger partial charge in [-0.25, -0.2) is 4.98 Å². The number of ether oxygens (including phenoxy) is 1. The summed E-state index contributed by atoms with van der Waals surface area (Å²) >= 11 is 1.40. The van der Waals surface area contributed by atoms with Gasteiger partial charge in [0.05, 0.1) is 13.0 Å². The van der Waals surface area contributed by atoms with E-state index < -0.39 is 0 Å². The summed E-state index contributed by atoms with van der Waals surface area (Å²) in [6.45, 7) is 8.63. The van der Waals surface area contributed by atoms with E-state index in [9.17, 15) is 9.59 Å². The molecule has 5 nitrogen and oxygen atoms in total. The minimum absolute atomic E-state index is 0.0720. The van der Waals surface area contributed by atoms with Gasteiger partial charge in [0, 0.05) is 16.6 Å². The Balaban J connectivity index is 1.96. The fraction of sp³-hybridized carbons (Fsp3) is 0.350. The molecule has 26 heavy (non-hydrogen) atoms. The molecule has 0 unspecified atom stereocenters. The number of carbonyl (C=O) groups is 2. The first-order valence-electron chi connectivity index (χ1n) is 8.56. The molecule has 0 aliphatic heterocycles. The van der Waals surface area contributed by atoms with Crippen molar-refractivity contribution in [2.24, 2.45) is 0 Å². The number of benzene rings is 1. The van der Waals surface area contributed by atoms with Gasteiger partial charge in [0.25, 0.3) is 0 Å². The summed E-state index contributed by atoms with van der Waals surface area (Å²) < 4.78 is 6.72. The van der Waals surface area contributed by atoms with Crippen LogP contribution in [0.2, 0.25) is 0 Å². The van der Waals surface area contributed by atoms with Gasteiger partial charge in [-0.3, -0.25) is 14.0 Å². The van der Waals surface area contributed by atoms with Crippen molar-refractivity contribution in [3.63, 3.8) is 0 Å². The molecular formula is C20H22N2O3S. The Morgan fingerprint density at radius 3 is 2.54 bits per heavy atom. The lowest BCUT2D eigenvalue weighted by Crippen LogP contribution is -2.10. The number of hydrogen-bond donors (Lipinski definition) is 0. The highest BCUT2D eigenvalue weighted by Crippen LogP contribution is 2.30. The second-order valence-electron chi connectivity index (χ2n) is 7.12. The van der Waals surface area contributed by atoms with Crippen molar-refractivity contribution in [3.05, 3.63) is 46.6 Å². The lowest BCUT2D eigenvalue weighted by atomic mass is 9.86. The number of hydrogen-bond acceptors (Lipinski definition) is 5. The van der Waals surface area contributed by atoms with E-state index in [-0.39, 0.29) is 17.8 Å². The molecule has 0 bridgehead atoms. The first kappa shape index (κ1) is 18.3. The smallest absolute Gasteiger partial charge is 0.311 e. The number of aromatic nitrogens is 2. The quantitative estimate of drug-likeness (QED) is 0.497. The predicted octanol–water partition coefficient (Wildman–Crippen LogP) is 4.28. The Kier molecular flexibility index (Phi) is 4.96. The van der Waals surface area contributed by atoms with Gasteiger partial charge >= 0.3 is 5.97 Å². The van der Waals surface area contributed by atoms with E-state index >= 15 is 0 Å². The predicted molar refractivity (Wildman–Crippen MR) is 103 cm³/mol. The van der Waals surface area contributed by atoms with Gasteiger partial charge in [-0.1, -0.05) is 45.0 Å². The number of esters is 1. The summed E-state index contributed by atoms with van der Waals surface area (Å²) in [5.74, 6) is -0.275. The molecule has 0 saturated heterocycles. The zero-order valence-electron chi connectivity index (χ0n) is 15.4. The van der Waals surface area contributed by atoms with Crippen molar-refractivity contribution in [2.75, 3.05) is 6.61 Å².